The molecule has 0 aliphatic carbocycles. The van der Waals surface area contributed by atoms with Crippen LogP contribution in [0.1, 0.15) is 23.0 Å². The zero-order chi connectivity index (χ0) is 21.4. The minimum Gasteiger partial charge on any atom is -0.450 e. The Morgan fingerprint density at radius 2 is 1.73 bits per heavy atom. The molecule has 5 nitrogen and oxygen atoms in total. The number of carbonyl (C=O) groups is 2. The summed E-state index contributed by atoms with van der Waals surface area (Å²) in [6.45, 7) is 1.45. The SMILES string of the molecule is CC(=O)Nc1cccc(-c2ccc3c(N)c(C(=O)c4ccc(Cl)cc4Cl)oc3c2)c1. The summed E-state index contributed by atoms with van der Waals surface area (Å²) in [5.41, 5.74) is 9.60. The third-order valence-electron chi connectivity index (χ3n) is 4.63. The summed E-state index contributed by atoms with van der Waals surface area (Å²) in [5.74, 6) is -0.539. The molecule has 1 aromatic heterocycles. The lowest BCUT2D eigenvalue weighted by atomic mass is 10.0. The lowest BCUT2D eigenvalue weighted by molar-refractivity contribution is -0.114. The summed E-state index contributed by atoms with van der Waals surface area (Å²) in [6, 6.07) is 17.5. The number of hydrogen-bond acceptors (Lipinski definition) is 4. The molecule has 7 heteroatoms. The van der Waals surface area contributed by atoms with Crippen LogP contribution in [0.25, 0.3) is 22.1 Å². The van der Waals surface area contributed by atoms with Crippen molar-refractivity contribution in [3.05, 3.63) is 82.0 Å². The second-order valence-electron chi connectivity index (χ2n) is 6.77. The highest BCUT2D eigenvalue weighted by molar-refractivity contribution is 6.37. The molecule has 1 amide bonds. The minimum atomic E-state index is -0.417. The summed E-state index contributed by atoms with van der Waals surface area (Å²) in [6.07, 6.45) is 0. The zero-order valence-electron chi connectivity index (χ0n) is 15.8. The Hall–Kier alpha value is -3.28. The van der Waals surface area contributed by atoms with Gasteiger partial charge in [0.25, 0.3) is 0 Å². The first kappa shape index (κ1) is 20.0. The van der Waals surface area contributed by atoms with Crippen LogP contribution < -0.4 is 11.1 Å². The lowest BCUT2D eigenvalue weighted by Crippen LogP contribution is -2.05. The van der Waals surface area contributed by atoms with E-state index in [2.05, 4.69) is 5.32 Å². The smallest absolute Gasteiger partial charge is 0.231 e. The molecule has 0 unspecified atom stereocenters. The molecule has 0 aliphatic rings. The third kappa shape index (κ3) is 3.77. The summed E-state index contributed by atoms with van der Waals surface area (Å²) >= 11 is 12.1. The Bertz CT molecular complexity index is 1310. The predicted octanol–water partition coefficient (Wildman–Crippen LogP) is 6.18. The molecular formula is C23H16Cl2N2O3. The topological polar surface area (TPSA) is 85.3 Å². The molecule has 0 bridgehead atoms. The molecule has 0 radical (unpaired) electrons. The fourth-order valence-corrected chi connectivity index (χ4v) is 3.73. The highest BCUT2D eigenvalue weighted by Gasteiger charge is 2.22. The van der Waals surface area contributed by atoms with Crippen molar-refractivity contribution in [2.24, 2.45) is 0 Å². The number of amides is 1. The van der Waals surface area contributed by atoms with E-state index in [0.29, 0.717) is 21.7 Å². The fourth-order valence-electron chi connectivity index (χ4n) is 3.24. The van der Waals surface area contributed by atoms with Crippen molar-refractivity contribution in [1.82, 2.24) is 0 Å². The second kappa shape index (κ2) is 7.86. The number of furan rings is 1. The highest BCUT2D eigenvalue weighted by Crippen LogP contribution is 2.35. The van der Waals surface area contributed by atoms with Crippen molar-refractivity contribution in [2.75, 3.05) is 11.1 Å². The molecule has 150 valence electrons. The molecule has 30 heavy (non-hydrogen) atoms. The van der Waals surface area contributed by atoms with Gasteiger partial charge in [-0.25, -0.2) is 0 Å². The Morgan fingerprint density at radius 3 is 2.47 bits per heavy atom. The average Bonchev–Trinajstić information content (AvgIpc) is 3.03. The van der Waals surface area contributed by atoms with Crippen LogP contribution in [0.3, 0.4) is 0 Å². The van der Waals surface area contributed by atoms with Crippen molar-refractivity contribution in [3.63, 3.8) is 0 Å². The Balaban J connectivity index is 1.75. The summed E-state index contributed by atoms with van der Waals surface area (Å²) < 4.78 is 5.82. The van der Waals surface area contributed by atoms with E-state index in [-0.39, 0.29) is 27.9 Å². The van der Waals surface area contributed by atoms with Crippen LogP contribution in [0, 0.1) is 0 Å². The molecule has 4 aromatic rings. The number of hydrogen-bond donors (Lipinski definition) is 2. The van der Waals surface area contributed by atoms with Crippen molar-refractivity contribution in [1.29, 1.82) is 0 Å². The number of nitrogens with two attached hydrogens (primary N) is 1. The molecule has 0 spiro atoms. The molecule has 3 aromatic carbocycles. The van der Waals surface area contributed by atoms with Crippen LogP contribution in [0.4, 0.5) is 11.4 Å². The molecule has 1 heterocycles. The molecule has 3 N–H and O–H groups in total. The van der Waals surface area contributed by atoms with E-state index in [0.717, 1.165) is 11.1 Å². The molecule has 4 rings (SSSR count). The maximum absolute atomic E-state index is 12.9. The van der Waals surface area contributed by atoms with Gasteiger partial charge in [0.05, 0.1) is 10.7 Å². The van der Waals surface area contributed by atoms with E-state index in [1.807, 2.05) is 24.3 Å². The molecule has 0 atom stereocenters. The molecule has 0 aliphatic heterocycles. The van der Waals surface area contributed by atoms with E-state index in [4.69, 9.17) is 33.4 Å². The normalized spacial score (nSPS) is 10.9. The molecular weight excluding hydrogens is 423 g/mol. The van der Waals surface area contributed by atoms with Crippen molar-refractivity contribution < 1.29 is 14.0 Å². The van der Waals surface area contributed by atoms with Gasteiger partial charge in [-0.2, -0.15) is 0 Å². The number of ketones is 1. The number of nitrogens with one attached hydrogen (secondary N) is 1. The van der Waals surface area contributed by atoms with Crippen molar-refractivity contribution >= 4 is 57.2 Å². The van der Waals surface area contributed by atoms with Crippen molar-refractivity contribution in [3.8, 4) is 11.1 Å². The van der Waals surface area contributed by atoms with Gasteiger partial charge in [-0.05, 0) is 53.6 Å². The highest BCUT2D eigenvalue weighted by atomic mass is 35.5. The number of halogens is 2. The first-order valence-electron chi connectivity index (χ1n) is 9.03. The maximum Gasteiger partial charge on any atom is 0.231 e. The Labute approximate surface area is 182 Å². The number of carbonyl (C=O) groups excluding carboxylic acids is 2. The first-order chi connectivity index (χ1) is 14.3. The summed E-state index contributed by atoms with van der Waals surface area (Å²) in [7, 11) is 0. The largest absolute Gasteiger partial charge is 0.450 e. The third-order valence-corrected chi connectivity index (χ3v) is 5.17. The fraction of sp³-hybridized carbons (Fsp3) is 0.0435. The minimum absolute atomic E-state index is 0.0263. The standard InChI is InChI=1S/C23H16Cl2N2O3/c1-12(28)27-16-4-2-3-13(9-16)14-5-7-18-20(10-14)30-23(21(18)26)22(29)17-8-6-15(24)11-19(17)25/h2-11H,26H2,1H3,(H,27,28). The van der Waals surface area contributed by atoms with Gasteiger partial charge in [0.1, 0.15) is 5.58 Å². The quantitative estimate of drug-likeness (QED) is 0.372. The lowest BCUT2D eigenvalue weighted by Gasteiger charge is -2.06. The van der Waals surface area contributed by atoms with Gasteiger partial charge in [-0.15, -0.1) is 0 Å². The first-order valence-corrected chi connectivity index (χ1v) is 9.79. The monoisotopic (exact) mass is 438 g/mol. The average molecular weight is 439 g/mol. The van der Waals surface area contributed by atoms with Crippen LogP contribution in [-0.2, 0) is 4.79 Å². The Morgan fingerprint density at radius 1 is 0.967 bits per heavy atom. The number of benzene rings is 3. The van der Waals surface area contributed by atoms with Gasteiger partial charge in [0, 0.05) is 28.6 Å². The van der Waals surface area contributed by atoms with Gasteiger partial charge in [0.15, 0.2) is 5.76 Å². The number of rotatable bonds is 4. The van der Waals surface area contributed by atoms with Gasteiger partial charge >= 0.3 is 0 Å². The summed E-state index contributed by atoms with van der Waals surface area (Å²) in [5, 5.41) is 4.04. The molecule has 0 fully saturated rings. The van der Waals surface area contributed by atoms with E-state index in [1.54, 1.807) is 30.3 Å². The second-order valence-corrected chi connectivity index (χ2v) is 7.61. The Kier molecular flexibility index (Phi) is 5.24. The molecule has 0 saturated heterocycles. The van der Waals surface area contributed by atoms with Gasteiger partial charge < -0.3 is 15.5 Å². The van der Waals surface area contributed by atoms with E-state index >= 15 is 0 Å². The van der Waals surface area contributed by atoms with Crippen LogP contribution in [0.2, 0.25) is 10.0 Å². The van der Waals surface area contributed by atoms with Gasteiger partial charge in [0.2, 0.25) is 11.7 Å². The zero-order valence-corrected chi connectivity index (χ0v) is 17.3. The number of fused-ring (bicyclic) bond motifs is 1. The van der Waals surface area contributed by atoms with Crippen LogP contribution in [0.15, 0.2) is 65.1 Å². The van der Waals surface area contributed by atoms with E-state index < -0.39 is 5.78 Å². The summed E-state index contributed by atoms with van der Waals surface area (Å²) in [4.78, 5) is 24.2. The van der Waals surface area contributed by atoms with E-state index in [9.17, 15) is 9.59 Å². The van der Waals surface area contributed by atoms with Crippen LogP contribution in [0.5, 0.6) is 0 Å². The van der Waals surface area contributed by atoms with Gasteiger partial charge in [-0.1, -0.05) is 41.4 Å². The number of nitrogen functional groups attached to an aromatic ring is 1. The van der Waals surface area contributed by atoms with Crippen LogP contribution >= 0.6 is 23.2 Å². The van der Waals surface area contributed by atoms with E-state index in [1.165, 1.54) is 13.0 Å². The van der Waals surface area contributed by atoms with Gasteiger partial charge in [-0.3, -0.25) is 9.59 Å². The maximum atomic E-state index is 12.9. The predicted molar refractivity (Wildman–Crippen MR) is 120 cm³/mol. The number of anilines is 2. The van der Waals surface area contributed by atoms with Crippen molar-refractivity contribution in [2.45, 2.75) is 6.92 Å². The van der Waals surface area contributed by atoms with Crippen LogP contribution in [-0.4, -0.2) is 11.7 Å². The molecule has 0 saturated carbocycles.